The molecule has 2 aromatic carbocycles. The zero-order chi connectivity index (χ0) is 21.7. The Hall–Kier alpha value is -2.58. The maximum absolute atomic E-state index is 12.6. The van der Waals surface area contributed by atoms with E-state index >= 15 is 0 Å². The summed E-state index contributed by atoms with van der Waals surface area (Å²) in [6, 6.07) is 11.9. The summed E-state index contributed by atoms with van der Waals surface area (Å²) in [5.41, 5.74) is 1.67. The van der Waals surface area contributed by atoms with Gasteiger partial charge in [0.15, 0.2) is 11.5 Å². The number of nitrogens with zero attached hydrogens (tertiary/aromatic N) is 1. The number of ether oxygens (including phenoxy) is 2. The van der Waals surface area contributed by atoms with E-state index in [0.29, 0.717) is 37.8 Å². The molecule has 0 bridgehead atoms. The van der Waals surface area contributed by atoms with E-state index in [1.54, 1.807) is 24.3 Å². The van der Waals surface area contributed by atoms with Gasteiger partial charge in [0.25, 0.3) is 0 Å². The Morgan fingerprint density at radius 2 is 1.67 bits per heavy atom. The average Bonchev–Trinajstić information content (AvgIpc) is 2.74. The highest BCUT2D eigenvalue weighted by Crippen LogP contribution is 2.31. The Morgan fingerprint density at radius 1 is 1.03 bits per heavy atom. The highest BCUT2D eigenvalue weighted by atomic mass is 32.2. The minimum absolute atomic E-state index is 0.126. The predicted molar refractivity (Wildman–Crippen MR) is 114 cm³/mol. The second kappa shape index (κ2) is 9.49. The summed E-state index contributed by atoms with van der Waals surface area (Å²) >= 11 is 0. The van der Waals surface area contributed by atoms with Crippen LogP contribution in [0.4, 0.5) is 0 Å². The number of benzene rings is 2. The topological polar surface area (TPSA) is 84.9 Å². The molecule has 1 aliphatic rings. The third kappa shape index (κ3) is 4.94. The van der Waals surface area contributed by atoms with Gasteiger partial charge in [-0.3, -0.25) is 4.79 Å². The van der Waals surface area contributed by atoms with Crippen LogP contribution in [0.1, 0.15) is 37.9 Å². The Kier molecular flexibility index (Phi) is 6.99. The number of sulfonamides is 1. The van der Waals surface area contributed by atoms with Gasteiger partial charge in [-0.2, -0.15) is 4.31 Å². The second-order valence-electron chi connectivity index (χ2n) is 7.10. The van der Waals surface area contributed by atoms with Gasteiger partial charge in [-0.1, -0.05) is 32.0 Å². The van der Waals surface area contributed by atoms with E-state index in [0.717, 1.165) is 11.1 Å². The molecule has 0 aliphatic carbocycles. The summed E-state index contributed by atoms with van der Waals surface area (Å²) in [7, 11) is -3.49. The number of hydrogen-bond donors (Lipinski definition) is 1. The summed E-state index contributed by atoms with van der Waals surface area (Å²) in [6.45, 7) is 7.37. The molecule has 1 atom stereocenters. The van der Waals surface area contributed by atoms with Crippen LogP contribution < -0.4 is 14.8 Å². The number of carbonyl (C=O) groups excluding carboxylic acids is 1. The molecule has 7 nitrogen and oxygen atoms in total. The maximum Gasteiger partial charge on any atom is 0.243 e. The van der Waals surface area contributed by atoms with Crippen LogP contribution in [0, 0.1) is 0 Å². The van der Waals surface area contributed by atoms with Gasteiger partial charge in [-0.15, -0.1) is 0 Å². The normalized spacial score (nSPS) is 14.4. The fraction of sp³-hybridized carbons (Fsp3) is 0.409. The van der Waals surface area contributed by atoms with Crippen LogP contribution in [-0.2, 0) is 21.2 Å². The molecule has 2 aromatic rings. The first-order chi connectivity index (χ1) is 14.3. The monoisotopic (exact) mass is 432 g/mol. The summed E-state index contributed by atoms with van der Waals surface area (Å²) in [5, 5.41) is 2.96. The van der Waals surface area contributed by atoms with E-state index in [2.05, 4.69) is 5.32 Å². The molecule has 1 heterocycles. The Bertz CT molecular complexity index is 985. The highest BCUT2D eigenvalue weighted by Gasteiger charge is 2.22. The number of carbonyl (C=O) groups is 1. The lowest BCUT2D eigenvalue weighted by Gasteiger charge is -2.20. The van der Waals surface area contributed by atoms with Crippen LogP contribution in [0.2, 0.25) is 0 Å². The van der Waals surface area contributed by atoms with E-state index in [-0.39, 0.29) is 23.3 Å². The van der Waals surface area contributed by atoms with Crippen LogP contribution in [-0.4, -0.2) is 44.9 Å². The van der Waals surface area contributed by atoms with E-state index < -0.39 is 10.0 Å². The van der Waals surface area contributed by atoms with Gasteiger partial charge in [-0.25, -0.2) is 8.42 Å². The van der Waals surface area contributed by atoms with Crippen molar-refractivity contribution in [3.8, 4) is 11.5 Å². The molecule has 1 unspecified atom stereocenters. The van der Waals surface area contributed by atoms with Crippen LogP contribution in [0.15, 0.2) is 47.4 Å². The van der Waals surface area contributed by atoms with Crippen molar-refractivity contribution in [2.75, 3.05) is 26.3 Å². The van der Waals surface area contributed by atoms with Gasteiger partial charge >= 0.3 is 0 Å². The van der Waals surface area contributed by atoms with Gasteiger partial charge in [0.2, 0.25) is 15.9 Å². The van der Waals surface area contributed by atoms with Crippen molar-refractivity contribution in [1.82, 2.24) is 9.62 Å². The molecule has 8 heteroatoms. The molecule has 30 heavy (non-hydrogen) atoms. The van der Waals surface area contributed by atoms with Crippen LogP contribution >= 0.6 is 0 Å². The van der Waals surface area contributed by atoms with Crippen molar-refractivity contribution >= 4 is 15.9 Å². The summed E-state index contributed by atoms with van der Waals surface area (Å²) < 4.78 is 37.7. The smallest absolute Gasteiger partial charge is 0.243 e. The maximum atomic E-state index is 12.6. The van der Waals surface area contributed by atoms with Crippen molar-refractivity contribution in [2.45, 2.75) is 38.1 Å². The number of hydrogen-bond acceptors (Lipinski definition) is 5. The van der Waals surface area contributed by atoms with Crippen molar-refractivity contribution in [1.29, 1.82) is 0 Å². The summed E-state index contributed by atoms with van der Waals surface area (Å²) in [5.74, 6) is 1.22. The molecule has 0 spiro atoms. The number of rotatable bonds is 8. The third-order valence-electron chi connectivity index (χ3n) is 5.07. The van der Waals surface area contributed by atoms with Crippen LogP contribution in [0.25, 0.3) is 0 Å². The number of amides is 1. The number of nitrogens with one attached hydrogen (secondary N) is 1. The molecule has 0 fully saturated rings. The standard InChI is InChI=1S/C22H28N2O5S/c1-4-24(5-2)30(26,27)19-9-7-18(8-10-19)16(3)23-22(25)15-17-6-11-20-21(14-17)29-13-12-28-20/h6-11,14,16H,4-5,12-13,15H2,1-3H3,(H,23,25). The first-order valence-electron chi connectivity index (χ1n) is 10.1. The largest absolute Gasteiger partial charge is 0.486 e. The zero-order valence-electron chi connectivity index (χ0n) is 17.6. The fourth-order valence-corrected chi connectivity index (χ4v) is 4.86. The summed E-state index contributed by atoms with van der Waals surface area (Å²) in [4.78, 5) is 12.7. The first kappa shape index (κ1) is 22.1. The van der Waals surface area contributed by atoms with E-state index in [1.807, 2.05) is 39.0 Å². The van der Waals surface area contributed by atoms with Crippen molar-refractivity contribution in [2.24, 2.45) is 0 Å². The minimum atomic E-state index is -3.49. The molecule has 162 valence electrons. The molecular formula is C22H28N2O5S. The average molecular weight is 433 g/mol. The lowest BCUT2D eigenvalue weighted by Crippen LogP contribution is -2.30. The van der Waals surface area contributed by atoms with Gasteiger partial charge in [0.1, 0.15) is 13.2 Å². The van der Waals surface area contributed by atoms with Crippen LogP contribution in [0.5, 0.6) is 11.5 Å². The quantitative estimate of drug-likeness (QED) is 0.693. The van der Waals surface area contributed by atoms with Crippen molar-refractivity contribution in [3.63, 3.8) is 0 Å². The first-order valence-corrected chi connectivity index (χ1v) is 11.6. The Morgan fingerprint density at radius 3 is 2.30 bits per heavy atom. The number of fused-ring (bicyclic) bond motifs is 1. The van der Waals surface area contributed by atoms with Gasteiger partial charge in [-0.05, 0) is 42.3 Å². The molecule has 0 saturated heterocycles. The van der Waals surface area contributed by atoms with Gasteiger partial charge in [0, 0.05) is 13.1 Å². The molecule has 1 aliphatic heterocycles. The fourth-order valence-electron chi connectivity index (χ4n) is 3.40. The SMILES string of the molecule is CCN(CC)S(=O)(=O)c1ccc(C(C)NC(=O)Cc2ccc3c(c2)OCCO3)cc1. The van der Waals surface area contributed by atoms with Crippen LogP contribution in [0.3, 0.4) is 0 Å². The molecule has 0 radical (unpaired) electrons. The van der Waals surface area contributed by atoms with Gasteiger partial charge in [0.05, 0.1) is 17.4 Å². The van der Waals surface area contributed by atoms with Crippen molar-refractivity contribution in [3.05, 3.63) is 53.6 Å². The zero-order valence-corrected chi connectivity index (χ0v) is 18.4. The third-order valence-corrected chi connectivity index (χ3v) is 7.14. The molecular weight excluding hydrogens is 404 g/mol. The van der Waals surface area contributed by atoms with E-state index in [4.69, 9.17) is 9.47 Å². The molecule has 3 rings (SSSR count). The minimum Gasteiger partial charge on any atom is -0.486 e. The molecule has 0 aromatic heterocycles. The Labute approximate surface area is 178 Å². The molecule has 1 amide bonds. The van der Waals surface area contributed by atoms with Crippen molar-refractivity contribution < 1.29 is 22.7 Å². The van der Waals surface area contributed by atoms with E-state index in [9.17, 15) is 13.2 Å². The lowest BCUT2D eigenvalue weighted by atomic mass is 10.1. The summed E-state index contributed by atoms with van der Waals surface area (Å²) in [6.07, 6.45) is 0.218. The Balaban J connectivity index is 1.63. The molecule has 0 saturated carbocycles. The second-order valence-corrected chi connectivity index (χ2v) is 9.04. The van der Waals surface area contributed by atoms with Gasteiger partial charge < -0.3 is 14.8 Å². The molecule has 1 N–H and O–H groups in total. The highest BCUT2D eigenvalue weighted by molar-refractivity contribution is 7.89. The predicted octanol–water partition coefficient (Wildman–Crippen LogP) is 2.91. The van der Waals surface area contributed by atoms with E-state index in [1.165, 1.54) is 4.31 Å². The lowest BCUT2D eigenvalue weighted by molar-refractivity contribution is -0.121.